The van der Waals surface area contributed by atoms with Crippen LogP contribution in [-0.2, 0) is 4.79 Å². The highest BCUT2D eigenvalue weighted by molar-refractivity contribution is 8.00. The van der Waals surface area contributed by atoms with E-state index in [4.69, 9.17) is 0 Å². The second-order valence-corrected chi connectivity index (χ2v) is 7.75. The second kappa shape index (κ2) is 9.39. The van der Waals surface area contributed by atoms with Crippen molar-refractivity contribution in [2.24, 2.45) is 0 Å². The minimum absolute atomic E-state index is 0.0753. The van der Waals surface area contributed by atoms with Crippen LogP contribution in [0, 0.1) is 19.7 Å². The molecule has 3 aromatic rings. The van der Waals surface area contributed by atoms with Crippen molar-refractivity contribution in [2.75, 3.05) is 16.4 Å². The highest BCUT2D eigenvalue weighted by Gasteiger charge is 2.08. The summed E-state index contributed by atoms with van der Waals surface area (Å²) in [5, 5.41) is 5.67. The highest BCUT2D eigenvalue weighted by Crippen LogP contribution is 2.21. The lowest BCUT2D eigenvalue weighted by atomic mass is 10.1. The Morgan fingerprint density at radius 3 is 2.07 bits per heavy atom. The van der Waals surface area contributed by atoms with Crippen LogP contribution in [0.3, 0.4) is 0 Å². The van der Waals surface area contributed by atoms with E-state index in [1.807, 2.05) is 38.1 Å². The van der Waals surface area contributed by atoms with Gasteiger partial charge < -0.3 is 10.6 Å². The SMILES string of the molecule is Cc1cc(C)cc(NC(=O)CSc2ccc(NC(=O)c3ccc(F)cc3)cc2)c1. The van der Waals surface area contributed by atoms with Crippen LogP contribution in [0.25, 0.3) is 0 Å². The van der Waals surface area contributed by atoms with Gasteiger partial charge in [-0.2, -0.15) is 0 Å². The van der Waals surface area contributed by atoms with Crippen LogP contribution in [0.2, 0.25) is 0 Å². The summed E-state index contributed by atoms with van der Waals surface area (Å²) in [4.78, 5) is 25.3. The Bertz CT molecular complexity index is 998. The molecule has 0 fully saturated rings. The van der Waals surface area contributed by atoms with E-state index in [9.17, 15) is 14.0 Å². The van der Waals surface area contributed by atoms with Gasteiger partial charge in [-0.25, -0.2) is 4.39 Å². The van der Waals surface area contributed by atoms with Gasteiger partial charge in [0.2, 0.25) is 5.91 Å². The number of rotatable bonds is 6. The molecule has 4 nitrogen and oxygen atoms in total. The van der Waals surface area contributed by atoms with Crippen LogP contribution >= 0.6 is 11.8 Å². The highest BCUT2D eigenvalue weighted by atomic mass is 32.2. The summed E-state index contributed by atoms with van der Waals surface area (Å²) in [6.45, 7) is 3.99. The maximum absolute atomic E-state index is 12.9. The van der Waals surface area contributed by atoms with Crippen molar-refractivity contribution in [3.8, 4) is 0 Å². The first-order chi connectivity index (χ1) is 13.9. The summed E-state index contributed by atoms with van der Waals surface area (Å²) in [6, 6.07) is 18.5. The third-order valence-electron chi connectivity index (χ3n) is 4.09. The summed E-state index contributed by atoms with van der Waals surface area (Å²) in [7, 11) is 0. The van der Waals surface area contributed by atoms with Crippen LogP contribution < -0.4 is 10.6 Å². The lowest BCUT2D eigenvalue weighted by Crippen LogP contribution is -2.14. The number of hydrogen-bond acceptors (Lipinski definition) is 3. The Labute approximate surface area is 173 Å². The van der Waals surface area contributed by atoms with Gasteiger partial charge in [0.25, 0.3) is 5.91 Å². The number of hydrogen-bond donors (Lipinski definition) is 2. The Morgan fingerprint density at radius 1 is 0.828 bits per heavy atom. The quantitative estimate of drug-likeness (QED) is 0.535. The Balaban J connectivity index is 1.51. The van der Waals surface area contributed by atoms with Crippen LogP contribution in [0.1, 0.15) is 21.5 Å². The van der Waals surface area contributed by atoms with Crippen molar-refractivity contribution >= 4 is 35.0 Å². The zero-order valence-electron chi connectivity index (χ0n) is 16.2. The molecule has 0 bridgehead atoms. The first-order valence-electron chi connectivity index (χ1n) is 9.07. The standard InChI is InChI=1S/C23H21FN2O2S/c1-15-11-16(2)13-20(12-15)25-22(27)14-29-21-9-7-19(8-10-21)26-23(28)17-3-5-18(24)6-4-17/h3-13H,14H2,1-2H3,(H,25,27)(H,26,28). The maximum atomic E-state index is 12.9. The van der Waals surface area contributed by atoms with E-state index in [0.29, 0.717) is 11.3 Å². The maximum Gasteiger partial charge on any atom is 0.255 e. The average molecular weight is 408 g/mol. The third kappa shape index (κ3) is 6.19. The molecule has 0 saturated heterocycles. The molecule has 0 atom stereocenters. The fraction of sp³-hybridized carbons (Fsp3) is 0.130. The predicted molar refractivity (Wildman–Crippen MR) is 116 cm³/mol. The van der Waals surface area contributed by atoms with Crippen molar-refractivity contribution in [2.45, 2.75) is 18.7 Å². The molecule has 148 valence electrons. The summed E-state index contributed by atoms with van der Waals surface area (Å²) in [5.41, 5.74) is 4.01. The molecule has 0 aliphatic rings. The molecular formula is C23H21FN2O2S. The summed E-state index contributed by atoms with van der Waals surface area (Å²) >= 11 is 1.42. The molecule has 0 spiro atoms. The Morgan fingerprint density at radius 2 is 1.45 bits per heavy atom. The van der Waals surface area contributed by atoms with Gasteiger partial charge >= 0.3 is 0 Å². The van der Waals surface area contributed by atoms with Gasteiger partial charge in [-0.1, -0.05) is 6.07 Å². The predicted octanol–water partition coefficient (Wildman–Crippen LogP) is 5.43. The number of halogens is 1. The van der Waals surface area contributed by atoms with E-state index in [1.165, 1.54) is 36.0 Å². The van der Waals surface area contributed by atoms with Crippen LogP contribution in [0.5, 0.6) is 0 Å². The van der Waals surface area contributed by atoms with Crippen LogP contribution in [0.4, 0.5) is 15.8 Å². The van der Waals surface area contributed by atoms with Crippen molar-refractivity contribution in [1.82, 2.24) is 0 Å². The zero-order chi connectivity index (χ0) is 20.8. The monoisotopic (exact) mass is 408 g/mol. The molecule has 3 aromatic carbocycles. The van der Waals surface area contributed by atoms with Crippen LogP contribution in [-0.4, -0.2) is 17.6 Å². The Hall–Kier alpha value is -3.12. The number of anilines is 2. The minimum Gasteiger partial charge on any atom is -0.325 e. The Kier molecular flexibility index (Phi) is 6.67. The topological polar surface area (TPSA) is 58.2 Å². The molecule has 29 heavy (non-hydrogen) atoms. The fourth-order valence-electron chi connectivity index (χ4n) is 2.83. The van der Waals surface area contributed by atoms with E-state index in [0.717, 1.165) is 21.7 Å². The van der Waals surface area contributed by atoms with E-state index in [-0.39, 0.29) is 23.4 Å². The van der Waals surface area contributed by atoms with E-state index in [2.05, 4.69) is 16.7 Å². The van der Waals surface area contributed by atoms with E-state index >= 15 is 0 Å². The van der Waals surface area contributed by atoms with Crippen molar-refractivity contribution in [1.29, 1.82) is 0 Å². The first kappa shape index (κ1) is 20.6. The van der Waals surface area contributed by atoms with Gasteiger partial charge in [-0.05, 0) is 85.6 Å². The number of benzene rings is 3. The molecule has 0 aliphatic carbocycles. The van der Waals surface area contributed by atoms with Crippen molar-refractivity contribution in [3.05, 3.63) is 89.2 Å². The first-order valence-corrected chi connectivity index (χ1v) is 10.1. The van der Waals surface area contributed by atoms with Gasteiger partial charge in [0.1, 0.15) is 5.82 Å². The molecule has 0 aliphatic heterocycles. The second-order valence-electron chi connectivity index (χ2n) is 6.70. The van der Waals surface area contributed by atoms with Gasteiger partial charge in [0.15, 0.2) is 0 Å². The fourth-order valence-corrected chi connectivity index (χ4v) is 3.53. The molecule has 6 heteroatoms. The van der Waals surface area contributed by atoms with E-state index < -0.39 is 0 Å². The molecule has 2 N–H and O–H groups in total. The molecule has 3 rings (SSSR count). The van der Waals surface area contributed by atoms with Gasteiger partial charge in [-0.3, -0.25) is 9.59 Å². The smallest absolute Gasteiger partial charge is 0.255 e. The van der Waals surface area contributed by atoms with Gasteiger partial charge in [0.05, 0.1) is 5.75 Å². The van der Waals surface area contributed by atoms with E-state index in [1.54, 1.807) is 12.1 Å². The number of nitrogens with one attached hydrogen (secondary N) is 2. The lowest BCUT2D eigenvalue weighted by molar-refractivity contribution is -0.113. The van der Waals surface area contributed by atoms with Crippen LogP contribution in [0.15, 0.2) is 71.6 Å². The summed E-state index contributed by atoms with van der Waals surface area (Å²) in [6.07, 6.45) is 0. The molecule has 2 amide bonds. The number of amides is 2. The van der Waals surface area contributed by atoms with Gasteiger partial charge in [-0.15, -0.1) is 11.8 Å². The average Bonchev–Trinajstić information content (AvgIpc) is 2.67. The largest absolute Gasteiger partial charge is 0.325 e. The molecule has 0 unspecified atom stereocenters. The number of thioether (sulfide) groups is 1. The molecule has 0 radical (unpaired) electrons. The number of carbonyl (C=O) groups is 2. The summed E-state index contributed by atoms with van der Waals surface area (Å²) < 4.78 is 12.9. The molecule has 0 saturated carbocycles. The minimum atomic E-state index is -0.385. The number of aryl methyl sites for hydroxylation is 2. The third-order valence-corrected chi connectivity index (χ3v) is 5.11. The zero-order valence-corrected chi connectivity index (χ0v) is 17.0. The normalized spacial score (nSPS) is 10.4. The van der Waals surface area contributed by atoms with Crippen molar-refractivity contribution in [3.63, 3.8) is 0 Å². The van der Waals surface area contributed by atoms with Crippen molar-refractivity contribution < 1.29 is 14.0 Å². The molecular weight excluding hydrogens is 387 g/mol. The molecule has 0 heterocycles. The number of carbonyl (C=O) groups excluding carboxylic acids is 2. The summed E-state index contributed by atoms with van der Waals surface area (Å²) in [5.74, 6) is -0.481. The lowest BCUT2D eigenvalue weighted by Gasteiger charge is -2.08. The molecule has 0 aromatic heterocycles. The van der Waals surface area contributed by atoms with Gasteiger partial charge in [0, 0.05) is 21.8 Å².